The van der Waals surface area contributed by atoms with E-state index in [0.717, 1.165) is 15.4 Å². The summed E-state index contributed by atoms with van der Waals surface area (Å²) < 4.78 is 29.3. The van der Waals surface area contributed by atoms with E-state index in [2.05, 4.69) is 5.32 Å². The zero-order chi connectivity index (χ0) is 33.4. The molecule has 4 aromatic carbocycles. The second kappa shape index (κ2) is 15.8. The fraction of sp³-hybridized carbons (Fsp3) is 0.257. The largest absolute Gasteiger partial charge is 0.354 e. The van der Waals surface area contributed by atoms with Crippen molar-refractivity contribution in [3.8, 4) is 0 Å². The summed E-state index contributed by atoms with van der Waals surface area (Å²) in [7, 11) is -4.28. The Morgan fingerprint density at radius 2 is 1.46 bits per heavy atom. The van der Waals surface area contributed by atoms with Gasteiger partial charge >= 0.3 is 0 Å². The first kappa shape index (κ1) is 35.3. The minimum absolute atomic E-state index is 0.00913. The SMILES string of the molecule is Cc1ccc(S(=O)(=O)N(CC(=O)N(Cc2ccccc2Cl)[C@H](Cc2ccccc2)C(=O)NCC(C)C)c2ccc(Cl)c(Cl)c2)cc1. The van der Waals surface area contributed by atoms with Crippen molar-refractivity contribution in [2.75, 3.05) is 17.4 Å². The van der Waals surface area contributed by atoms with Crippen LogP contribution in [0.1, 0.15) is 30.5 Å². The predicted octanol–water partition coefficient (Wildman–Crippen LogP) is 7.56. The van der Waals surface area contributed by atoms with E-state index in [1.165, 1.54) is 35.2 Å². The lowest BCUT2D eigenvalue weighted by molar-refractivity contribution is -0.140. The van der Waals surface area contributed by atoms with Crippen molar-refractivity contribution in [2.24, 2.45) is 5.92 Å². The third kappa shape index (κ3) is 9.04. The second-order valence-corrected chi connectivity index (χ2v) is 14.5. The summed E-state index contributed by atoms with van der Waals surface area (Å²) in [6, 6.07) is 26.1. The molecule has 0 saturated heterocycles. The van der Waals surface area contributed by atoms with Gasteiger partial charge in [0.2, 0.25) is 11.8 Å². The average molecular weight is 701 g/mol. The molecule has 0 heterocycles. The number of sulfonamides is 1. The summed E-state index contributed by atoms with van der Waals surface area (Å²) in [5, 5.41) is 3.74. The van der Waals surface area contributed by atoms with Gasteiger partial charge in [-0.15, -0.1) is 0 Å². The zero-order valence-corrected chi connectivity index (χ0v) is 28.9. The van der Waals surface area contributed by atoms with Gasteiger partial charge in [0, 0.05) is 24.5 Å². The molecule has 1 atom stereocenters. The molecular formula is C35H36Cl3N3O4S. The Bertz CT molecular complexity index is 1770. The van der Waals surface area contributed by atoms with Crippen molar-refractivity contribution < 1.29 is 18.0 Å². The summed E-state index contributed by atoms with van der Waals surface area (Å²) in [5.41, 5.74) is 2.45. The van der Waals surface area contributed by atoms with Gasteiger partial charge in [-0.25, -0.2) is 8.42 Å². The predicted molar refractivity (Wildman–Crippen MR) is 186 cm³/mol. The van der Waals surface area contributed by atoms with Crippen LogP contribution in [0.2, 0.25) is 15.1 Å². The number of halogens is 3. The maximum Gasteiger partial charge on any atom is 0.264 e. The molecule has 0 aliphatic heterocycles. The average Bonchev–Trinajstić information content (AvgIpc) is 3.03. The molecule has 2 amide bonds. The number of nitrogens with one attached hydrogen (secondary N) is 1. The molecule has 0 bridgehead atoms. The van der Waals surface area contributed by atoms with Crippen LogP contribution >= 0.6 is 34.8 Å². The van der Waals surface area contributed by atoms with Crippen LogP contribution in [-0.2, 0) is 32.6 Å². The summed E-state index contributed by atoms with van der Waals surface area (Å²) in [4.78, 5) is 29.8. The van der Waals surface area contributed by atoms with Crippen molar-refractivity contribution in [1.82, 2.24) is 10.2 Å². The summed E-state index contributed by atoms with van der Waals surface area (Å²) in [6.45, 7) is 5.54. The first-order valence-corrected chi connectivity index (χ1v) is 17.3. The normalized spacial score (nSPS) is 12.1. The molecule has 7 nitrogen and oxygen atoms in total. The lowest BCUT2D eigenvalue weighted by Crippen LogP contribution is -2.53. The van der Waals surface area contributed by atoms with Gasteiger partial charge in [-0.3, -0.25) is 13.9 Å². The van der Waals surface area contributed by atoms with E-state index in [1.807, 2.05) is 51.1 Å². The number of hydrogen-bond donors (Lipinski definition) is 1. The highest BCUT2D eigenvalue weighted by atomic mass is 35.5. The highest BCUT2D eigenvalue weighted by molar-refractivity contribution is 7.92. The molecule has 0 spiro atoms. The topological polar surface area (TPSA) is 86.8 Å². The fourth-order valence-electron chi connectivity index (χ4n) is 4.79. The molecule has 0 aliphatic carbocycles. The first-order valence-electron chi connectivity index (χ1n) is 14.8. The Morgan fingerprint density at radius 1 is 0.804 bits per heavy atom. The molecule has 4 rings (SSSR count). The van der Waals surface area contributed by atoms with Crippen LogP contribution in [0.15, 0.2) is 102 Å². The molecule has 0 aliphatic rings. The van der Waals surface area contributed by atoms with Crippen LogP contribution in [0, 0.1) is 12.8 Å². The second-order valence-electron chi connectivity index (χ2n) is 11.4. The zero-order valence-electron chi connectivity index (χ0n) is 25.8. The number of carbonyl (C=O) groups is 2. The number of benzene rings is 4. The van der Waals surface area contributed by atoms with Gasteiger partial charge in [-0.05, 0) is 60.4 Å². The van der Waals surface area contributed by atoms with E-state index in [9.17, 15) is 18.0 Å². The molecule has 0 aromatic heterocycles. The third-order valence-electron chi connectivity index (χ3n) is 7.33. The van der Waals surface area contributed by atoms with E-state index >= 15 is 0 Å². The number of carbonyl (C=O) groups excluding carboxylic acids is 2. The van der Waals surface area contributed by atoms with Gasteiger partial charge in [0.25, 0.3) is 10.0 Å². The molecule has 0 radical (unpaired) electrons. The number of aryl methyl sites for hydroxylation is 1. The monoisotopic (exact) mass is 699 g/mol. The first-order chi connectivity index (χ1) is 21.9. The van der Waals surface area contributed by atoms with Gasteiger partial charge in [0.05, 0.1) is 20.6 Å². The number of amides is 2. The number of nitrogens with zero attached hydrogens (tertiary/aromatic N) is 2. The van der Waals surface area contributed by atoms with E-state index < -0.39 is 28.5 Å². The summed E-state index contributed by atoms with van der Waals surface area (Å²) in [6.07, 6.45) is 0.193. The Morgan fingerprint density at radius 3 is 2.09 bits per heavy atom. The Hall–Kier alpha value is -3.56. The molecule has 1 N–H and O–H groups in total. The Kier molecular flexibility index (Phi) is 12.1. The molecule has 242 valence electrons. The quantitative estimate of drug-likeness (QED) is 0.156. The van der Waals surface area contributed by atoms with Crippen molar-refractivity contribution in [3.63, 3.8) is 0 Å². The van der Waals surface area contributed by atoms with E-state index in [4.69, 9.17) is 34.8 Å². The summed E-state index contributed by atoms with van der Waals surface area (Å²) >= 11 is 19.0. The van der Waals surface area contributed by atoms with Crippen molar-refractivity contribution in [3.05, 3.63) is 129 Å². The summed E-state index contributed by atoms with van der Waals surface area (Å²) in [5.74, 6) is -0.804. The minimum atomic E-state index is -4.28. The molecule has 46 heavy (non-hydrogen) atoms. The third-order valence-corrected chi connectivity index (χ3v) is 10.2. The molecule has 0 saturated carbocycles. The van der Waals surface area contributed by atoms with Gasteiger partial charge in [0.15, 0.2) is 0 Å². The number of anilines is 1. The minimum Gasteiger partial charge on any atom is -0.354 e. The number of hydrogen-bond acceptors (Lipinski definition) is 4. The van der Waals surface area contributed by atoms with Crippen molar-refractivity contribution >= 4 is 62.3 Å². The maximum atomic E-state index is 14.5. The highest BCUT2D eigenvalue weighted by Gasteiger charge is 2.35. The Balaban J connectivity index is 1.82. The fourth-order valence-corrected chi connectivity index (χ4v) is 6.69. The lowest BCUT2D eigenvalue weighted by Gasteiger charge is -2.34. The van der Waals surface area contributed by atoms with Gasteiger partial charge in [0.1, 0.15) is 12.6 Å². The highest BCUT2D eigenvalue weighted by Crippen LogP contribution is 2.31. The van der Waals surface area contributed by atoms with Crippen molar-refractivity contribution in [1.29, 1.82) is 0 Å². The maximum absolute atomic E-state index is 14.5. The van der Waals surface area contributed by atoms with Gasteiger partial charge in [-0.1, -0.05) is 115 Å². The number of rotatable bonds is 13. The molecule has 0 fully saturated rings. The van der Waals surface area contributed by atoms with Crippen LogP contribution in [0.25, 0.3) is 0 Å². The van der Waals surface area contributed by atoms with Gasteiger partial charge in [-0.2, -0.15) is 0 Å². The standard InChI is InChI=1S/C35H36Cl3N3O4S/c1-24(2)21-39-35(43)33(19-26-9-5-4-6-10-26)40(22-27-11-7-8-12-30(27)36)34(42)23-41(28-15-18-31(37)32(38)20-28)46(44,45)29-16-13-25(3)14-17-29/h4-18,20,24,33H,19,21-23H2,1-3H3,(H,39,43)/t33-/m1/s1. The van der Waals surface area contributed by atoms with E-state index in [-0.39, 0.29) is 45.4 Å². The molecule has 4 aromatic rings. The smallest absolute Gasteiger partial charge is 0.264 e. The lowest BCUT2D eigenvalue weighted by atomic mass is 10.0. The van der Waals surface area contributed by atoms with Crippen LogP contribution in [0.4, 0.5) is 5.69 Å². The molecule has 11 heteroatoms. The van der Waals surface area contributed by atoms with Crippen LogP contribution in [0.5, 0.6) is 0 Å². The van der Waals surface area contributed by atoms with E-state index in [0.29, 0.717) is 17.1 Å². The molecular weight excluding hydrogens is 665 g/mol. The van der Waals surface area contributed by atoms with E-state index in [1.54, 1.807) is 36.4 Å². The van der Waals surface area contributed by atoms with Crippen LogP contribution in [-0.4, -0.2) is 44.3 Å². The Labute approximate surface area is 286 Å². The van der Waals surface area contributed by atoms with Gasteiger partial charge < -0.3 is 10.2 Å². The van der Waals surface area contributed by atoms with Crippen LogP contribution < -0.4 is 9.62 Å². The molecule has 0 unspecified atom stereocenters. The van der Waals surface area contributed by atoms with Crippen LogP contribution in [0.3, 0.4) is 0 Å². The van der Waals surface area contributed by atoms with Crippen molar-refractivity contribution in [2.45, 2.75) is 44.7 Å².